The number of ether oxygens (including phenoxy) is 4. The summed E-state index contributed by atoms with van der Waals surface area (Å²) < 4.78 is 97.1. The van der Waals surface area contributed by atoms with Gasteiger partial charge in [-0.25, -0.2) is 18.5 Å². The second-order valence-electron chi connectivity index (χ2n) is 14.0. The predicted molar refractivity (Wildman–Crippen MR) is 206 cm³/mol. The minimum absolute atomic E-state index is 0.124. The number of esters is 2. The molecule has 2 heterocycles. The molecule has 32 heteroatoms. The molecule has 2 aliphatic heterocycles. The molecule has 3 aliphatic rings. The van der Waals surface area contributed by atoms with E-state index in [-0.39, 0.29) is 12.8 Å². The van der Waals surface area contributed by atoms with Crippen LogP contribution in [0.1, 0.15) is 74.7 Å². The highest BCUT2D eigenvalue weighted by Gasteiger charge is 2.73. The van der Waals surface area contributed by atoms with Crippen molar-refractivity contribution in [3.8, 4) is 0 Å². The van der Waals surface area contributed by atoms with E-state index in [1.165, 1.54) is 0 Å². The van der Waals surface area contributed by atoms with E-state index in [9.17, 15) is 80.8 Å². The largest absolute Gasteiger partial charge is 0.481 e. The van der Waals surface area contributed by atoms with Gasteiger partial charge in [-0.3, -0.25) is 80.8 Å². The third kappa shape index (κ3) is 12.2. The first-order valence-electron chi connectivity index (χ1n) is 18.6. The smallest absolute Gasteiger partial charge is 0.438 e. The Kier molecular flexibility index (Phi) is 18.9. The van der Waals surface area contributed by atoms with E-state index in [4.69, 9.17) is 41.7 Å². The lowest BCUT2D eigenvalue weighted by Crippen LogP contribution is -2.71. The van der Waals surface area contributed by atoms with Crippen LogP contribution in [-0.4, -0.2) is 136 Å². The maximum Gasteiger partial charge on any atom is 0.481 e. The number of hydrogen-bond acceptors (Lipinski definition) is 28. The molecule has 3 fully saturated rings. The molecule has 3 rings (SSSR count). The number of rotatable bonds is 27. The van der Waals surface area contributed by atoms with E-state index in [0.29, 0.717) is 41.5 Å². The molecule has 0 N–H and O–H groups in total. The van der Waals surface area contributed by atoms with Crippen molar-refractivity contribution in [2.75, 3.05) is 13.6 Å². The number of fused-ring (bicyclic) bond motifs is 1. The monoisotopic (exact) mass is 1020 g/mol. The summed E-state index contributed by atoms with van der Waals surface area (Å²) in [5.74, 6) is -12.0. The van der Waals surface area contributed by atoms with Gasteiger partial charge in [0.15, 0.2) is 12.4 Å². The molecule has 66 heavy (non-hydrogen) atoms. The molecule has 7 atom stereocenters. The molecule has 1 spiro atoms. The SMILES string of the molecule is CC(=O)OCOP(=O)(OCOC(C)=O)OC1C(OOP(C(=O)C(C)=O)C(=O)C(C)=O)C(OP(=O)(C(=O)C(C)=O)C(=O)C(C)=O)C(OP(=O)(C(=O)C(C)=O)C(=O)C(C)=O)C23CCCC(OC12)O3. The highest BCUT2D eigenvalue weighted by atomic mass is 31.2. The van der Waals surface area contributed by atoms with Crippen molar-refractivity contribution in [2.24, 2.45) is 0 Å². The van der Waals surface area contributed by atoms with Crippen molar-refractivity contribution in [3.63, 3.8) is 0 Å². The minimum Gasteiger partial charge on any atom is -0.438 e. The molecule has 1 saturated carbocycles. The van der Waals surface area contributed by atoms with E-state index < -0.39 is 173 Å². The summed E-state index contributed by atoms with van der Waals surface area (Å²) in [7, 11) is -22.0. The summed E-state index contributed by atoms with van der Waals surface area (Å²) in [4.78, 5) is 183. The van der Waals surface area contributed by atoms with Gasteiger partial charge in [-0.1, -0.05) is 0 Å². The number of phosphoric ester groups is 1. The first kappa shape index (κ1) is 56.1. The van der Waals surface area contributed by atoms with Crippen molar-refractivity contribution in [3.05, 3.63) is 0 Å². The van der Waals surface area contributed by atoms with Crippen LogP contribution in [0.5, 0.6) is 0 Å². The summed E-state index contributed by atoms with van der Waals surface area (Å²) in [5.41, 5.74) is -15.2. The van der Waals surface area contributed by atoms with Crippen molar-refractivity contribution in [2.45, 2.75) is 117 Å². The first-order chi connectivity index (χ1) is 30.4. The molecule has 7 unspecified atom stereocenters. The summed E-state index contributed by atoms with van der Waals surface area (Å²) in [5, 5.41) is 0. The lowest BCUT2D eigenvalue weighted by Gasteiger charge is -2.52. The maximum atomic E-state index is 14.7. The molecule has 0 aromatic rings. The molecule has 2 bridgehead atoms. The molecular weight excluding hydrogens is 980 g/mol. The average molecular weight is 1020 g/mol. The Morgan fingerprint density at radius 2 is 0.985 bits per heavy atom. The van der Waals surface area contributed by atoms with Gasteiger partial charge in [0, 0.05) is 55.4 Å². The van der Waals surface area contributed by atoms with Crippen molar-refractivity contribution in [1.82, 2.24) is 0 Å². The van der Waals surface area contributed by atoms with Gasteiger partial charge in [-0.2, -0.15) is 4.67 Å². The molecule has 28 nitrogen and oxygen atoms in total. The average Bonchev–Trinajstić information content (AvgIpc) is 3.49. The number of ketones is 6. The van der Waals surface area contributed by atoms with Gasteiger partial charge in [0.05, 0.1) is 0 Å². The minimum atomic E-state index is -6.35. The van der Waals surface area contributed by atoms with Gasteiger partial charge in [-0.15, -0.1) is 0 Å². The summed E-state index contributed by atoms with van der Waals surface area (Å²) in [6.07, 6.45) is -16.1. The van der Waals surface area contributed by atoms with Gasteiger partial charge in [0.25, 0.3) is 33.1 Å². The lowest BCUT2D eigenvalue weighted by atomic mass is 9.72. The van der Waals surface area contributed by atoms with E-state index in [0.717, 1.165) is 13.8 Å². The van der Waals surface area contributed by atoms with Crippen LogP contribution in [0.4, 0.5) is 0 Å². The number of phosphoric acid groups is 1. The highest BCUT2D eigenvalue weighted by molar-refractivity contribution is 7.95. The Morgan fingerprint density at radius 3 is 1.38 bits per heavy atom. The molecule has 364 valence electrons. The van der Waals surface area contributed by atoms with Crippen LogP contribution in [0.3, 0.4) is 0 Å². The van der Waals surface area contributed by atoms with E-state index in [2.05, 4.69) is 9.47 Å². The Bertz CT molecular complexity index is 2190. The Labute approximate surface area is 372 Å². The van der Waals surface area contributed by atoms with Gasteiger partial charge in [0.1, 0.15) is 30.0 Å². The van der Waals surface area contributed by atoms with Gasteiger partial charge >= 0.3 is 34.5 Å². The Morgan fingerprint density at radius 1 is 0.561 bits per heavy atom. The summed E-state index contributed by atoms with van der Waals surface area (Å²) >= 11 is 0. The Hall–Kier alpha value is -4.26. The van der Waals surface area contributed by atoms with Crippen LogP contribution in [0.2, 0.25) is 0 Å². The van der Waals surface area contributed by atoms with Crippen LogP contribution in [0.25, 0.3) is 0 Å². The van der Waals surface area contributed by atoms with Crippen molar-refractivity contribution in [1.29, 1.82) is 0 Å². The number of Topliss-reactive ketones (excluding diaryl/α,β-unsaturated/α-hetero) is 6. The fraction of sp³-hybridized carbons (Fsp3) is 0.588. The fourth-order valence-electron chi connectivity index (χ4n) is 6.19. The van der Waals surface area contributed by atoms with Gasteiger partial charge in [-0.05, 0) is 19.3 Å². The third-order valence-electron chi connectivity index (χ3n) is 9.07. The quantitative estimate of drug-likeness (QED) is 0.0276. The van der Waals surface area contributed by atoms with E-state index in [1.54, 1.807) is 0 Å². The van der Waals surface area contributed by atoms with Crippen LogP contribution in [0.15, 0.2) is 0 Å². The summed E-state index contributed by atoms with van der Waals surface area (Å²) in [6.45, 7) is 2.10. The molecular formula is C34H40O28P4. The zero-order valence-electron chi connectivity index (χ0n) is 35.7. The lowest BCUT2D eigenvalue weighted by molar-refractivity contribution is -0.318. The molecule has 0 radical (unpaired) electrons. The van der Waals surface area contributed by atoms with Crippen LogP contribution >= 0.6 is 30.7 Å². The zero-order chi connectivity index (χ0) is 50.4. The predicted octanol–water partition coefficient (Wildman–Crippen LogP) is 0.966. The van der Waals surface area contributed by atoms with Gasteiger partial charge < -0.3 is 28.0 Å². The molecule has 0 aromatic carbocycles. The summed E-state index contributed by atoms with van der Waals surface area (Å²) in [6, 6.07) is 0. The zero-order valence-corrected chi connectivity index (χ0v) is 39.3. The molecule has 2 saturated heterocycles. The second-order valence-corrected chi connectivity index (χ2v) is 21.5. The molecule has 1 aliphatic carbocycles. The number of carbonyl (C=O) groups excluding carboxylic acids is 14. The number of hydrogen-bond donors (Lipinski definition) is 0. The maximum absolute atomic E-state index is 14.7. The molecule has 0 amide bonds. The second kappa shape index (κ2) is 22.2. The van der Waals surface area contributed by atoms with Crippen molar-refractivity contribution >= 4 is 110 Å². The van der Waals surface area contributed by atoms with E-state index >= 15 is 0 Å². The molecule has 0 aromatic heterocycles. The van der Waals surface area contributed by atoms with Crippen LogP contribution in [0, 0.1) is 0 Å². The Balaban J connectivity index is 2.61. The third-order valence-corrected chi connectivity index (χ3v) is 16.5. The van der Waals surface area contributed by atoms with Crippen molar-refractivity contribution < 1.29 is 132 Å². The fourth-order valence-corrected chi connectivity index (χ4v) is 12.0. The normalized spacial score (nSPS) is 23.7. The standard InChI is InChI=1S/C34H40O28P4/c1-14(35)28(43)63(29(44)15(2)36)62-58-23-24(60-66(51,54-12-52-20(7)41)55-13-53-21(8)42)26-34(11-9-10-22(56-26)57-34)27(61-65(50,32(47)18(5)39)33(48)19(6)40)25(23)59-64(49,30(45)16(3)37)31(46)17(4)38/h22-27H,9-13H2,1-8H3. The van der Waals surface area contributed by atoms with Crippen LogP contribution < -0.4 is 0 Å². The van der Waals surface area contributed by atoms with Crippen LogP contribution in [-0.2, 0) is 132 Å². The number of carbonyl (C=O) groups is 14. The highest BCUT2D eigenvalue weighted by Crippen LogP contribution is 2.64. The van der Waals surface area contributed by atoms with Gasteiger partial charge in [0.2, 0.25) is 56.4 Å². The topological polar surface area (TPSA) is 392 Å². The first-order valence-corrected chi connectivity index (χ1v) is 24.6. The van der Waals surface area contributed by atoms with E-state index in [1.807, 2.05) is 0 Å².